The zero-order valence-corrected chi connectivity index (χ0v) is 14.2. The molecule has 1 heterocycles. The SMILES string of the molecule is O=S(=O)(Nc1nc(Br)nn1-c1ccc(OC(F)(F)F)cc1)C1CC1. The Kier molecular flexibility index (Phi) is 4.20. The Morgan fingerprint density at radius 1 is 1.25 bits per heavy atom. The quantitative estimate of drug-likeness (QED) is 0.794. The van der Waals surface area contributed by atoms with Gasteiger partial charge in [0.15, 0.2) is 0 Å². The molecule has 1 N–H and O–H groups in total. The van der Waals surface area contributed by atoms with Crippen molar-refractivity contribution in [2.24, 2.45) is 0 Å². The van der Waals surface area contributed by atoms with Crippen LogP contribution in [0.5, 0.6) is 5.75 Å². The molecule has 0 amide bonds. The van der Waals surface area contributed by atoms with Crippen molar-refractivity contribution in [3.05, 3.63) is 29.0 Å². The highest BCUT2D eigenvalue weighted by atomic mass is 79.9. The van der Waals surface area contributed by atoms with E-state index in [1.807, 2.05) is 0 Å². The van der Waals surface area contributed by atoms with Crippen molar-refractivity contribution in [1.82, 2.24) is 14.8 Å². The summed E-state index contributed by atoms with van der Waals surface area (Å²) >= 11 is 3.04. The molecule has 1 aromatic heterocycles. The van der Waals surface area contributed by atoms with Gasteiger partial charge in [-0.2, -0.15) is 9.67 Å². The lowest BCUT2D eigenvalue weighted by Gasteiger charge is -2.11. The van der Waals surface area contributed by atoms with Crippen LogP contribution in [0.2, 0.25) is 0 Å². The summed E-state index contributed by atoms with van der Waals surface area (Å²) in [5.41, 5.74) is 0.316. The molecular formula is C12H10BrF3N4O3S. The van der Waals surface area contributed by atoms with E-state index in [0.29, 0.717) is 18.5 Å². The van der Waals surface area contributed by atoms with Crippen LogP contribution in [0.3, 0.4) is 0 Å². The predicted molar refractivity (Wildman–Crippen MR) is 81.3 cm³/mol. The second-order valence-electron chi connectivity index (χ2n) is 5.00. The van der Waals surface area contributed by atoms with Gasteiger partial charge in [-0.25, -0.2) is 8.42 Å². The third-order valence-corrected chi connectivity index (χ3v) is 5.25. The van der Waals surface area contributed by atoms with Crippen molar-refractivity contribution in [3.63, 3.8) is 0 Å². The summed E-state index contributed by atoms with van der Waals surface area (Å²) in [4.78, 5) is 3.93. The molecule has 1 aliphatic carbocycles. The van der Waals surface area contributed by atoms with Crippen molar-refractivity contribution >= 4 is 31.9 Å². The Bertz CT molecular complexity index is 847. The molecule has 0 saturated heterocycles. The van der Waals surface area contributed by atoms with Crippen LogP contribution in [0.25, 0.3) is 5.69 Å². The molecule has 0 atom stereocenters. The number of alkyl halides is 3. The lowest BCUT2D eigenvalue weighted by atomic mass is 10.3. The first-order valence-corrected chi connectivity index (χ1v) is 8.98. The van der Waals surface area contributed by atoms with Gasteiger partial charge in [-0.15, -0.1) is 18.3 Å². The molecule has 12 heteroatoms. The third kappa shape index (κ3) is 3.98. The molecule has 0 aliphatic heterocycles. The summed E-state index contributed by atoms with van der Waals surface area (Å²) in [7, 11) is -3.56. The third-order valence-electron chi connectivity index (χ3n) is 3.09. The molecule has 0 unspecified atom stereocenters. The number of nitrogens with zero attached hydrogens (tertiary/aromatic N) is 3. The van der Waals surface area contributed by atoms with Crippen LogP contribution >= 0.6 is 15.9 Å². The summed E-state index contributed by atoms with van der Waals surface area (Å²) in [6.07, 6.45) is -3.63. The molecule has 1 fully saturated rings. The van der Waals surface area contributed by atoms with Crippen molar-refractivity contribution < 1.29 is 26.3 Å². The molecule has 0 bridgehead atoms. The Hall–Kier alpha value is -1.82. The maximum Gasteiger partial charge on any atom is 0.573 e. The largest absolute Gasteiger partial charge is 0.573 e. The normalized spacial score (nSPS) is 15.3. The maximum atomic E-state index is 12.2. The first kappa shape index (κ1) is 17.0. The van der Waals surface area contributed by atoms with Gasteiger partial charge in [0.05, 0.1) is 10.9 Å². The zero-order chi connectivity index (χ0) is 17.5. The summed E-state index contributed by atoms with van der Waals surface area (Å²) in [5.74, 6) is -0.455. The van der Waals surface area contributed by atoms with Crippen LogP contribution in [0.4, 0.5) is 19.1 Å². The van der Waals surface area contributed by atoms with Crippen LogP contribution in [0.1, 0.15) is 12.8 Å². The summed E-state index contributed by atoms with van der Waals surface area (Å²) in [6, 6.07) is 4.80. The monoisotopic (exact) mass is 426 g/mol. The minimum Gasteiger partial charge on any atom is -0.406 e. The fourth-order valence-electron chi connectivity index (χ4n) is 1.91. The van der Waals surface area contributed by atoms with E-state index in [0.717, 1.165) is 12.1 Å². The molecule has 24 heavy (non-hydrogen) atoms. The van der Waals surface area contributed by atoms with Crippen molar-refractivity contribution in [1.29, 1.82) is 0 Å². The minimum atomic E-state index is -4.79. The molecule has 0 spiro atoms. The van der Waals surface area contributed by atoms with E-state index in [2.05, 4.69) is 35.5 Å². The molecule has 1 aliphatic rings. The average Bonchev–Trinajstić information content (AvgIpc) is 3.24. The second kappa shape index (κ2) is 5.92. The van der Waals surface area contributed by atoms with Crippen LogP contribution in [-0.2, 0) is 10.0 Å². The van der Waals surface area contributed by atoms with E-state index in [-0.39, 0.29) is 10.7 Å². The summed E-state index contributed by atoms with van der Waals surface area (Å²) in [5, 5.41) is 3.53. The van der Waals surface area contributed by atoms with Gasteiger partial charge in [-0.05, 0) is 53.0 Å². The number of nitrogens with one attached hydrogen (secondary N) is 1. The second-order valence-corrected chi connectivity index (χ2v) is 7.67. The van der Waals surface area contributed by atoms with Gasteiger partial charge < -0.3 is 4.74 Å². The molecule has 130 valence electrons. The highest BCUT2D eigenvalue weighted by Crippen LogP contribution is 2.30. The first-order chi connectivity index (χ1) is 11.1. The molecule has 7 nitrogen and oxygen atoms in total. The Morgan fingerprint density at radius 3 is 2.42 bits per heavy atom. The minimum absolute atomic E-state index is 0.0572. The van der Waals surface area contributed by atoms with Gasteiger partial charge >= 0.3 is 6.36 Å². The van der Waals surface area contributed by atoms with Crippen LogP contribution in [0, 0.1) is 0 Å². The number of ether oxygens (including phenoxy) is 1. The first-order valence-electron chi connectivity index (χ1n) is 6.64. The van der Waals surface area contributed by atoms with Crippen LogP contribution in [-0.4, -0.2) is 34.8 Å². The van der Waals surface area contributed by atoms with Crippen LogP contribution < -0.4 is 9.46 Å². The number of hydrogen-bond donors (Lipinski definition) is 1. The fourth-order valence-corrected chi connectivity index (χ4v) is 3.55. The van der Waals surface area contributed by atoms with E-state index in [9.17, 15) is 21.6 Å². The van der Waals surface area contributed by atoms with E-state index in [4.69, 9.17) is 0 Å². The summed E-state index contributed by atoms with van der Waals surface area (Å²) in [6.45, 7) is 0. The number of sulfonamides is 1. The smallest absolute Gasteiger partial charge is 0.406 e. The number of benzene rings is 1. The van der Waals surface area contributed by atoms with Gasteiger partial charge in [-0.3, -0.25) is 4.72 Å². The van der Waals surface area contributed by atoms with Gasteiger partial charge in [0, 0.05) is 0 Å². The summed E-state index contributed by atoms with van der Waals surface area (Å²) < 4.78 is 68.0. The van der Waals surface area contributed by atoms with Crippen molar-refractivity contribution in [3.8, 4) is 11.4 Å². The number of aromatic nitrogens is 3. The average molecular weight is 427 g/mol. The van der Waals surface area contributed by atoms with E-state index < -0.39 is 27.4 Å². The fraction of sp³-hybridized carbons (Fsp3) is 0.333. The lowest BCUT2D eigenvalue weighted by molar-refractivity contribution is -0.274. The van der Waals surface area contributed by atoms with Gasteiger partial charge in [0.25, 0.3) is 0 Å². The van der Waals surface area contributed by atoms with Gasteiger partial charge in [0.1, 0.15) is 5.75 Å². The van der Waals surface area contributed by atoms with Gasteiger partial charge in [0.2, 0.25) is 20.7 Å². The van der Waals surface area contributed by atoms with Gasteiger partial charge in [-0.1, -0.05) is 0 Å². The lowest BCUT2D eigenvalue weighted by Crippen LogP contribution is -2.20. The highest BCUT2D eigenvalue weighted by Gasteiger charge is 2.37. The number of rotatable bonds is 5. The standard InChI is InChI=1S/C12H10BrF3N4O3S/c13-10-17-11(19-24(21,22)9-5-6-9)20(18-10)7-1-3-8(4-2-7)23-12(14,15)16/h1-4,9H,5-6H2,(H,17,18,19). The molecule has 1 saturated carbocycles. The number of halogens is 4. The Labute approximate surface area is 143 Å². The van der Waals surface area contributed by atoms with E-state index >= 15 is 0 Å². The maximum absolute atomic E-state index is 12.2. The molecular weight excluding hydrogens is 417 g/mol. The van der Waals surface area contributed by atoms with Crippen molar-refractivity contribution in [2.45, 2.75) is 24.5 Å². The molecule has 2 aromatic rings. The Balaban J connectivity index is 1.87. The van der Waals surface area contributed by atoms with Crippen molar-refractivity contribution in [2.75, 3.05) is 4.72 Å². The topological polar surface area (TPSA) is 86.1 Å². The highest BCUT2D eigenvalue weighted by molar-refractivity contribution is 9.10. The molecule has 3 rings (SSSR count). The van der Waals surface area contributed by atoms with E-state index in [1.165, 1.54) is 16.8 Å². The molecule has 0 radical (unpaired) electrons. The Morgan fingerprint density at radius 2 is 1.88 bits per heavy atom. The predicted octanol–water partition coefficient (Wildman–Crippen LogP) is 2.83. The number of anilines is 1. The zero-order valence-electron chi connectivity index (χ0n) is 11.8. The van der Waals surface area contributed by atoms with E-state index in [1.54, 1.807) is 0 Å². The number of hydrogen-bond acceptors (Lipinski definition) is 5. The molecule has 1 aromatic carbocycles. The van der Waals surface area contributed by atoms with Crippen LogP contribution in [0.15, 0.2) is 29.0 Å².